The van der Waals surface area contributed by atoms with E-state index in [1.54, 1.807) is 0 Å². The fraction of sp³-hybridized carbons (Fsp3) is 0.600. The predicted octanol–water partition coefficient (Wildman–Crippen LogP) is 3.45. The first-order valence-electron chi connectivity index (χ1n) is 6.48. The van der Waals surface area contributed by atoms with Gasteiger partial charge in [-0.1, -0.05) is 32.0 Å². The van der Waals surface area contributed by atoms with Gasteiger partial charge in [-0.2, -0.15) is 0 Å². The number of nitrogens with one attached hydrogen (secondary N) is 1. The molecular formula is C15H26N2. The number of nitrogens with zero attached hydrogens (tertiary/aromatic N) is 1. The fourth-order valence-corrected chi connectivity index (χ4v) is 2.00. The van der Waals surface area contributed by atoms with Crippen LogP contribution < -0.4 is 10.2 Å². The van der Waals surface area contributed by atoms with Crippen molar-refractivity contribution in [2.24, 2.45) is 5.92 Å². The lowest BCUT2D eigenvalue weighted by molar-refractivity contribution is 0.503. The van der Waals surface area contributed by atoms with Crippen molar-refractivity contribution in [2.45, 2.75) is 39.8 Å². The molecule has 0 fully saturated rings. The van der Waals surface area contributed by atoms with Crippen molar-refractivity contribution in [1.29, 1.82) is 0 Å². The maximum absolute atomic E-state index is 3.32. The Morgan fingerprint density at radius 2 is 1.65 bits per heavy atom. The van der Waals surface area contributed by atoms with Crippen LogP contribution in [-0.2, 0) is 0 Å². The lowest BCUT2D eigenvalue weighted by Crippen LogP contribution is -2.34. The highest BCUT2D eigenvalue weighted by atomic mass is 15.1. The van der Waals surface area contributed by atoms with E-state index in [-0.39, 0.29) is 0 Å². The summed E-state index contributed by atoms with van der Waals surface area (Å²) < 4.78 is 0. The molecule has 0 saturated heterocycles. The van der Waals surface area contributed by atoms with Crippen LogP contribution in [0.5, 0.6) is 0 Å². The first-order chi connectivity index (χ1) is 7.99. The minimum atomic E-state index is 0.382. The topological polar surface area (TPSA) is 15.3 Å². The molecule has 96 valence electrons. The summed E-state index contributed by atoms with van der Waals surface area (Å²) in [6.45, 7) is 9.02. The zero-order valence-corrected chi connectivity index (χ0v) is 12.0. The molecule has 2 atom stereocenters. The van der Waals surface area contributed by atoms with Crippen LogP contribution in [0.3, 0.4) is 0 Å². The summed E-state index contributed by atoms with van der Waals surface area (Å²) in [5, 5.41) is 3.32. The van der Waals surface area contributed by atoms with Gasteiger partial charge in [-0.05, 0) is 38.4 Å². The second-order valence-corrected chi connectivity index (χ2v) is 5.16. The third-order valence-electron chi connectivity index (χ3n) is 3.79. The Labute approximate surface area is 106 Å². The van der Waals surface area contributed by atoms with E-state index in [2.05, 4.69) is 69.2 Å². The first-order valence-corrected chi connectivity index (χ1v) is 6.48. The predicted molar refractivity (Wildman–Crippen MR) is 76.6 cm³/mol. The Balaban J connectivity index is 3.04. The van der Waals surface area contributed by atoms with Gasteiger partial charge in [0.05, 0.1) is 0 Å². The van der Waals surface area contributed by atoms with Crippen molar-refractivity contribution in [3.63, 3.8) is 0 Å². The van der Waals surface area contributed by atoms with E-state index in [0.29, 0.717) is 18.0 Å². The van der Waals surface area contributed by atoms with E-state index in [9.17, 15) is 0 Å². The van der Waals surface area contributed by atoms with Crippen LogP contribution in [-0.4, -0.2) is 20.1 Å². The van der Waals surface area contributed by atoms with Gasteiger partial charge in [0, 0.05) is 24.8 Å². The smallest absolute Gasteiger partial charge is 0.0414 e. The quantitative estimate of drug-likeness (QED) is 0.839. The number of rotatable bonds is 5. The maximum atomic E-state index is 3.32. The molecule has 0 amide bonds. The highest BCUT2D eigenvalue weighted by Crippen LogP contribution is 2.27. The van der Waals surface area contributed by atoms with E-state index in [0.717, 1.165) is 0 Å². The molecule has 1 N–H and O–H groups in total. The minimum absolute atomic E-state index is 0.382. The number of hydrogen-bond acceptors (Lipinski definition) is 2. The lowest BCUT2D eigenvalue weighted by Gasteiger charge is -2.32. The second-order valence-electron chi connectivity index (χ2n) is 5.16. The Kier molecular flexibility index (Phi) is 5.01. The third-order valence-corrected chi connectivity index (χ3v) is 3.79. The standard InChI is InChI=1S/C15H26N2/c1-11(2)13(4)17(6)15-10-8-7-9-14(15)12(3)16-5/h7-13,16H,1-6H3. The van der Waals surface area contributed by atoms with Crippen molar-refractivity contribution in [2.75, 3.05) is 19.0 Å². The number of para-hydroxylation sites is 1. The van der Waals surface area contributed by atoms with E-state index >= 15 is 0 Å². The van der Waals surface area contributed by atoms with Gasteiger partial charge < -0.3 is 10.2 Å². The van der Waals surface area contributed by atoms with Crippen molar-refractivity contribution >= 4 is 5.69 Å². The van der Waals surface area contributed by atoms with Crippen molar-refractivity contribution < 1.29 is 0 Å². The molecule has 0 aliphatic carbocycles. The van der Waals surface area contributed by atoms with Gasteiger partial charge in [-0.3, -0.25) is 0 Å². The molecule has 0 aliphatic heterocycles. The van der Waals surface area contributed by atoms with Gasteiger partial charge in [0.1, 0.15) is 0 Å². The van der Waals surface area contributed by atoms with Crippen molar-refractivity contribution in [3.05, 3.63) is 29.8 Å². The summed E-state index contributed by atoms with van der Waals surface area (Å²) in [4.78, 5) is 2.38. The van der Waals surface area contributed by atoms with Gasteiger partial charge in [0.2, 0.25) is 0 Å². The number of anilines is 1. The van der Waals surface area contributed by atoms with Gasteiger partial charge in [0.15, 0.2) is 0 Å². The summed E-state index contributed by atoms with van der Waals surface area (Å²) in [5.41, 5.74) is 2.69. The zero-order valence-electron chi connectivity index (χ0n) is 12.0. The molecule has 0 bridgehead atoms. The molecule has 2 nitrogen and oxygen atoms in total. The van der Waals surface area contributed by atoms with E-state index in [4.69, 9.17) is 0 Å². The van der Waals surface area contributed by atoms with Crippen LogP contribution in [0, 0.1) is 5.92 Å². The number of benzene rings is 1. The summed E-state index contributed by atoms with van der Waals surface area (Å²) in [6, 6.07) is 9.57. The molecule has 0 heterocycles. The SMILES string of the molecule is CNC(C)c1ccccc1N(C)C(C)C(C)C. The second kappa shape index (κ2) is 6.06. The Morgan fingerprint density at radius 3 is 2.18 bits per heavy atom. The molecule has 2 heteroatoms. The van der Waals surface area contributed by atoms with E-state index in [1.165, 1.54) is 11.3 Å². The average Bonchev–Trinajstić information content (AvgIpc) is 2.35. The Hall–Kier alpha value is -1.02. The molecule has 1 rings (SSSR count). The van der Waals surface area contributed by atoms with Crippen LogP contribution in [0.4, 0.5) is 5.69 Å². The largest absolute Gasteiger partial charge is 0.371 e. The summed E-state index contributed by atoms with van der Waals surface area (Å²) in [7, 11) is 4.19. The summed E-state index contributed by atoms with van der Waals surface area (Å²) in [6.07, 6.45) is 0. The number of hydrogen-bond donors (Lipinski definition) is 1. The average molecular weight is 234 g/mol. The molecule has 1 aromatic rings. The van der Waals surface area contributed by atoms with Crippen LogP contribution in [0.2, 0.25) is 0 Å². The van der Waals surface area contributed by atoms with Crippen LogP contribution in [0.25, 0.3) is 0 Å². The van der Waals surface area contributed by atoms with Gasteiger partial charge >= 0.3 is 0 Å². The molecule has 17 heavy (non-hydrogen) atoms. The monoisotopic (exact) mass is 234 g/mol. The van der Waals surface area contributed by atoms with Crippen LogP contribution >= 0.6 is 0 Å². The molecule has 0 aliphatic rings. The van der Waals surface area contributed by atoms with Crippen LogP contribution in [0.15, 0.2) is 24.3 Å². The van der Waals surface area contributed by atoms with E-state index in [1.807, 2.05) is 7.05 Å². The highest BCUT2D eigenvalue weighted by molar-refractivity contribution is 5.55. The summed E-state index contributed by atoms with van der Waals surface area (Å²) in [5.74, 6) is 0.651. The molecular weight excluding hydrogens is 208 g/mol. The first kappa shape index (κ1) is 14.0. The van der Waals surface area contributed by atoms with Gasteiger partial charge in [0.25, 0.3) is 0 Å². The van der Waals surface area contributed by atoms with Crippen molar-refractivity contribution in [3.8, 4) is 0 Å². The highest BCUT2D eigenvalue weighted by Gasteiger charge is 2.17. The maximum Gasteiger partial charge on any atom is 0.0414 e. The molecule has 0 aromatic heterocycles. The van der Waals surface area contributed by atoms with E-state index < -0.39 is 0 Å². The van der Waals surface area contributed by atoms with Gasteiger partial charge in [-0.25, -0.2) is 0 Å². The molecule has 0 spiro atoms. The molecule has 2 unspecified atom stereocenters. The van der Waals surface area contributed by atoms with Crippen molar-refractivity contribution in [1.82, 2.24) is 5.32 Å². The Morgan fingerprint density at radius 1 is 1.06 bits per heavy atom. The lowest BCUT2D eigenvalue weighted by atomic mass is 10.0. The molecule has 0 saturated carbocycles. The summed E-state index contributed by atoms with van der Waals surface area (Å²) >= 11 is 0. The normalized spacial score (nSPS) is 14.8. The fourth-order valence-electron chi connectivity index (χ4n) is 2.00. The third kappa shape index (κ3) is 3.22. The molecule has 1 aromatic carbocycles. The van der Waals surface area contributed by atoms with Gasteiger partial charge in [-0.15, -0.1) is 0 Å². The molecule has 0 radical (unpaired) electrons. The van der Waals surface area contributed by atoms with Crippen LogP contribution in [0.1, 0.15) is 39.3 Å². The zero-order chi connectivity index (χ0) is 13.0. The minimum Gasteiger partial charge on any atom is -0.371 e. The Bertz CT molecular complexity index is 347.